The van der Waals surface area contributed by atoms with Crippen LogP contribution in [-0.2, 0) is 17.3 Å². The number of rotatable bonds is 9. The summed E-state index contributed by atoms with van der Waals surface area (Å²) in [5.41, 5.74) is 4.98. The molecule has 0 aliphatic heterocycles. The quantitative estimate of drug-likeness (QED) is 0.324. The molecule has 4 heteroatoms. The first kappa shape index (κ1) is 25.6. The second kappa shape index (κ2) is 12.4. The molecule has 0 heterocycles. The third kappa shape index (κ3) is 6.57. The van der Waals surface area contributed by atoms with E-state index in [0.29, 0.717) is 5.92 Å². The van der Waals surface area contributed by atoms with Gasteiger partial charge in [-0.3, -0.25) is 0 Å². The molecule has 2 fully saturated rings. The van der Waals surface area contributed by atoms with Crippen LogP contribution in [0, 0.1) is 11.8 Å². The Morgan fingerprint density at radius 2 is 1.26 bits per heavy atom. The minimum atomic E-state index is -2.39. The Bertz CT molecular complexity index is 846. The van der Waals surface area contributed by atoms with E-state index in [1.54, 1.807) is 12.1 Å². The van der Waals surface area contributed by atoms with Gasteiger partial charge in [-0.1, -0.05) is 81.1 Å². The summed E-state index contributed by atoms with van der Waals surface area (Å²) in [5, 5.41) is 0. The largest absolute Gasteiger partial charge is 0.423 e. The molecule has 0 radical (unpaired) electrons. The Kier molecular flexibility index (Phi) is 9.36. The van der Waals surface area contributed by atoms with Gasteiger partial charge in [0.2, 0.25) is 0 Å². The van der Waals surface area contributed by atoms with Crippen molar-refractivity contribution in [3.05, 3.63) is 70.8 Å². The van der Waals surface area contributed by atoms with Crippen molar-refractivity contribution in [2.24, 2.45) is 11.8 Å². The Morgan fingerprint density at radius 1 is 0.765 bits per heavy atom. The van der Waals surface area contributed by atoms with E-state index >= 15 is 0 Å². The van der Waals surface area contributed by atoms with Crippen LogP contribution in [0.15, 0.2) is 48.5 Å². The van der Waals surface area contributed by atoms with Crippen LogP contribution >= 0.6 is 0 Å². The van der Waals surface area contributed by atoms with Gasteiger partial charge in [-0.2, -0.15) is 0 Å². The molecule has 2 aromatic carbocycles. The average molecular weight is 485 g/mol. The maximum atomic E-state index is 12.7. The van der Waals surface area contributed by atoms with Crippen molar-refractivity contribution in [1.82, 2.24) is 0 Å². The number of hydrogen-bond donors (Lipinski definition) is 0. The van der Waals surface area contributed by atoms with Crippen LogP contribution in [-0.4, -0.2) is 16.2 Å². The molecule has 34 heavy (non-hydrogen) atoms. The molecule has 4 rings (SSSR count). The molecule has 2 saturated carbocycles. The summed E-state index contributed by atoms with van der Waals surface area (Å²) in [5.74, 6) is 2.61. The lowest BCUT2D eigenvalue weighted by molar-refractivity contribution is 0.151. The third-order valence-electron chi connectivity index (χ3n) is 8.87. The highest BCUT2D eigenvalue weighted by atomic mass is 28.3. The molecular weight excluding hydrogens is 442 g/mol. The summed E-state index contributed by atoms with van der Waals surface area (Å²) < 4.78 is 31.3. The fraction of sp³-hybridized carbons (Fsp3) is 0.600. The van der Waals surface area contributed by atoms with Crippen LogP contribution < -0.4 is 0 Å². The van der Waals surface area contributed by atoms with E-state index in [9.17, 15) is 8.78 Å². The van der Waals surface area contributed by atoms with E-state index in [1.165, 1.54) is 68.5 Å². The van der Waals surface area contributed by atoms with Crippen LogP contribution in [0.3, 0.4) is 0 Å². The number of halogens is 2. The highest BCUT2D eigenvalue weighted by Gasteiger charge is 2.33. The minimum Gasteiger partial charge on any atom is -0.423 e. The molecule has 0 amide bonds. The van der Waals surface area contributed by atoms with Crippen molar-refractivity contribution >= 4 is 9.04 Å². The summed E-state index contributed by atoms with van der Waals surface area (Å²) in [6, 6.07) is 17.3. The van der Waals surface area contributed by atoms with Crippen molar-refractivity contribution in [2.45, 2.75) is 95.1 Å². The zero-order chi connectivity index (χ0) is 23.9. The molecule has 186 valence electrons. The summed E-state index contributed by atoms with van der Waals surface area (Å²) >= 11 is 0. The fourth-order valence-corrected chi connectivity index (χ4v) is 9.19. The average Bonchev–Trinajstić information content (AvgIpc) is 2.89. The predicted molar refractivity (Wildman–Crippen MR) is 140 cm³/mol. The van der Waals surface area contributed by atoms with Gasteiger partial charge in [0.1, 0.15) is 0 Å². The van der Waals surface area contributed by atoms with Crippen molar-refractivity contribution < 1.29 is 13.2 Å². The van der Waals surface area contributed by atoms with E-state index in [4.69, 9.17) is 4.43 Å². The Labute approximate surface area is 207 Å². The highest BCUT2D eigenvalue weighted by molar-refractivity contribution is 6.53. The summed E-state index contributed by atoms with van der Waals surface area (Å²) in [6.45, 7) is 2.32. The molecule has 2 aliphatic carbocycles. The monoisotopic (exact) mass is 484 g/mol. The molecule has 0 spiro atoms. The zero-order valence-electron chi connectivity index (χ0n) is 21.0. The lowest BCUT2D eigenvalue weighted by atomic mass is 9.70. The Hall–Kier alpha value is -1.52. The Balaban J connectivity index is 1.21. The van der Waals surface area contributed by atoms with E-state index in [2.05, 4.69) is 31.2 Å². The van der Waals surface area contributed by atoms with E-state index < -0.39 is 15.5 Å². The van der Waals surface area contributed by atoms with Gasteiger partial charge in [-0.15, -0.1) is 0 Å². The van der Waals surface area contributed by atoms with Crippen molar-refractivity contribution in [3.63, 3.8) is 0 Å². The first-order valence-electron chi connectivity index (χ1n) is 13.6. The van der Waals surface area contributed by atoms with Gasteiger partial charge < -0.3 is 4.43 Å². The van der Waals surface area contributed by atoms with Gasteiger partial charge in [0.25, 0.3) is 6.43 Å². The van der Waals surface area contributed by atoms with Gasteiger partial charge in [0, 0.05) is 12.7 Å². The van der Waals surface area contributed by atoms with Crippen molar-refractivity contribution in [2.75, 3.05) is 7.11 Å². The van der Waals surface area contributed by atoms with Gasteiger partial charge in [-0.25, -0.2) is 8.78 Å². The first-order valence-corrected chi connectivity index (χ1v) is 15.5. The van der Waals surface area contributed by atoms with Crippen LogP contribution in [0.2, 0.25) is 11.6 Å². The van der Waals surface area contributed by atoms with Crippen LogP contribution in [0.4, 0.5) is 8.78 Å². The summed E-state index contributed by atoms with van der Waals surface area (Å²) in [6.07, 6.45) is 10.6. The predicted octanol–water partition coefficient (Wildman–Crippen LogP) is 8.63. The maximum absolute atomic E-state index is 12.7. The second-order valence-electron chi connectivity index (χ2n) is 10.8. The van der Waals surface area contributed by atoms with Crippen molar-refractivity contribution in [1.29, 1.82) is 0 Å². The molecule has 0 aromatic heterocycles. The lowest BCUT2D eigenvalue weighted by Crippen LogP contribution is -2.30. The third-order valence-corrected chi connectivity index (χ3v) is 12.0. The zero-order valence-corrected chi connectivity index (χ0v) is 22.2. The molecule has 0 saturated heterocycles. The summed E-state index contributed by atoms with van der Waals surface area (Å²) in [4.78, 5) is 0. The van der Waals surface area contributed by atoms with Gasteiger partial charge in [0.15, 0.2) is 9.04 Å². The summed E-state index contributed by atoms with van der Waals surface area (Å²) in [7, 11) is 0.986. The second-order valence-corrected chi connectivity index (χ2v) is 14.1. The van der Waals surface area contributed by atoms with Gasteiger partial charge in [-0.05, 0) is 84.6 Å². The molecular formula is C30H42F2OSi. The molecule has 1 unspecified atom stereocenters. The minimum absolute atomic E-state index is 0.105. The smallest absolute Gasteiger partial charge is 0.263 e. The number of hydrogen-bond acceptors (Lipinski definition) is 1. The van der Waals surface area contributed by atoms with Crippen LogP contribution in [0.1, 0.15) is 92.9 Å². The number of benzene rings is 2. The standard InChI is InChI=1S/C30H42F2OSi/c1-3-34(33-2)29-20-18-27(19-21-29)26-16-14-25(15-17-26)24-10-6-22(7-11-24)4-5-23-8-12-28(13-9-23)30(31)32/h6-13,25-27,29-30,34H,3-5,14-21H2,1-2H3. The molecule has 2 aliphatic rings. The van der Waals surface area contributed by atoms with Crippen molar-refractivity contribution in [3.8, 4) is 0 Å². The van der Waals surface area contributed by atoms with Crippen LogP contribution in [0.5, 0.6) is 0 Å². The fourth-order valence-electron chi connectivity index (χ4n) is 6.68. The van der Waals surface area contributed by atoms with E-state index in [0.717, 1.165) is 35.8 Å². The molecule has 1 atom stereocenters. The first-order chi connectivity index (χ1) is 16.6. The topological polar surface area (TPSA) is 9.23 Å². The van der Waals surface area contributed by atoms with E-state index in [1.807, 2.05) is 19.2 Å². The molecule has 2 aromatic rings. The normalized spacial score (nSPS) is 26.5. The Morgan fingerprint density at radius 3 is 1.74 bits per heavy atom. The van der Waals surface area contributed by atoms with Crippen LogP contribution in [0.25, 0.3) is 0 Å². The number of aryl methyl sites for hydroxylation is 2. The molecule has 0 N–H and O–H groups in total. The molecule has 1 nitrogen and oxygen atoms in total. The maximum Gasteiger partial charge on any atom is 0.263 e. The number of alkyl halides is 2. The highest BCUT2D eigenvalue weighted by Crippen LogP contribution is 2.45. The van der Waals surface area contributed by atoms with E-state index in [-0.39, 0.29) is 5.56 Å². The van der Waals surface area contributed by atoms with Gasteiger partial charge in [0.05, 0.1) is 0 Å². The lowest BCUT2D eigenvalue weighted by Gasteiger charge is -2.39. The molecule has 0 bridgehead atoms. The van der Waals surface area contributed by atoms with Gasteiger partial charge >= 0.3 is 0 Å². The SMILES string of the molecule is CC[SiH](OC)C1CCC(C2CCC(c3ccc(CCc4ccc(C(F)F)cc4)cc3)CC2)CC1.